The number of allylic oxidation sites excluding steroid dienone is 1. The lowest BCUT2D eigenvalue weighted by molar-refractivity contribution is -0.117. The summed E-state index contributed by atoms with van der Waals surface area (Å²) in [5, 5.41) is 2.90. The van der Waals surface area contributed by atoms with Crippen LogP contribution in [0.3, 0.4) is 0 Å². The van der Waals surface area contributed by atoms with Crippen molar-refractivity contribution < 1.29 is 4.79 Å². The Morgan fingerprint density at radius 2 is 1.77 bits per heavy atom. The maximum atomic E-state index is 11.4. The maximum Gasteiger partial charge on any atom is 0.246 e. The van der Waals surface area contributed by atoms with E-state index in [1.165, 1.54) is 0 Å². The summed E-state index contributed by atoms with van der Waals surface area (Å²) in [5.41, 5.74) is 1.92. The van der Waals surface area contributed by atoms with Crippen LogP contribution in [0.4, 0.5) is 0 Å². The summed E-state index contributed by atoms with van der Waals surface area (Å²) in [6.45, 7) is 10.9. The second kappa shape index (κ2) is 5.79. The van der Waals surface area contributed by atoms with E-state index in [1.807, 2.05) is 20.8 Å². The van der Waals surface area contributed by atoms with Gasteiger partial charge in [-0.3, -0.25) is 4.79 Å². The van der Waals surface area contributed by atoms with Gasteiger partial charge in [0.2, 0.25) is 5.91 Å². The van der Waals surface area contributed by atoms with Crippen molar-refractivity contribution in [2.75, 3.05) is 6.54 Å². The molecule has 76 valence electrons. The number of hydrogen-bond donors (Lipinski definition) is 1. The van der Waals surface area contributed by atoms with Crippen LogP contribution >= 0.6 is 0 Å². The van der Waals surface area contributed by atoms with Gasteiger partial charge in [-0.25, -0.2) is 0 Å². The Balaban J connectivity index is 3.83. The van der Waals surface area contributed by atoms with Gasteiger partial charge in [-0.2, -0.15) is 0 Å². The molecule has 0 saturated heterocycles. The highest BCUT2D eigenvalue weighted by Crippen LogP contribution is 2.02. The molecule has 0 spiro atoms. The normalized spacial score (nSPS) is 10.0. The van der Waals surface area contributed by atoms with Crippen LogP contribution in [0.15, 0.2) is 11.1 Å². The zero-order valence-corrected chi connectivity index (χ0v) is 9.40. The highest BCUT2D eigenvalue weighted by Gasteiger charge is 2.04. The first-order valence-corrected chi connectivity index (χ1v) is 4.87. The number of rotatable bonds is 4. The Labute approximate surface area is 81.4 Å². The molecule has 0 rings (SSSR count). The molecule has 0 atom stereocenters. The SMILES string of the molecule is CC(C)=C(C)C(=O)NCCC(C)C. The quantitative estimate of drug-likeness (QED) is 0.667. The predicted molar refractivity (Wildman–Crippen MR) is 56.5 cm³/mol. The largest absolute Gasteiger partial charge is 0.352 e. The van der Waals surface area contributed by atoms with Crippen LogP contribution in [0.5, 0.6) is 0 Å². The first-order valence-electron chi connectivity index (χ1n) is 4.87. The highest BCUT2D eigenvalue weighted by molar-refractivity contribution is 5.93. The minimum absolute atomic E-state index is 0.0700. The van der Waals surface area contributed by atoms with Gasteiger partial charge in [0.05, 0.1) is 0 Å². The van der Waals surface area contributed by atoms with Crippen molar-refractivity contribution in [2.45, 2.75) is 41.0 Å². The molecule has 13 heavy (non-hydrogen) atoms. The molecular weight excluding hydrogens is 162 g/mol. The molecule has 1 N–H and O–H groups in total. The lowest BCUT2D eigenvalue weighted by atomic mass is 10.1. The number of carbonyl (C=O) groups is 1. The average molecular weight is 183 g/mol. The molecule has 0 aromatic carbocycles. The first kappa shape index (κ1) is 12.2. The van der Waals surface area contributed by atoms with Crippen LogP contribution in [-0.4, -0.2) is 12.5 Å². The Kier molecular flexibility index (Phi) is 5.44. The summed E-state index contributed by atoms with van der Waals surface area (Å²) in [6.07, 6.45) is 1.04. The van der Waals surface area contributed by atoms with Gasteiger partial charge in [0.1, 0.15) is 0 Å². The first-order chi connectivity index (χ1) is 5.95. The highest BCUT2D eigenvalue weighted by atomic mass is 16.1. The van der Waals surface area contributed by atoms with E-state index in [-0.39, 0.29) is 5.91 Å². The van der Waals surface area contributed by atoms with Crippen molar-refractivity contribution in [3.63, 3.8) is 0 Å². The molecule has 2 heteroatoms. The van der Waals surface area contributed by atoms with Gasteiger partial charge >= 0.3 is 0 Å². The third-order valence-corrected chi connectivity index (χ3v) is 2.10. The van der Waals surface area contributed by atoms with Crippen molar-refractivity contribution >= 4 is 5.91 Å². The van der Waals surface area contributed by atoms with E-state index in [2.05, 4.69) is 19.2 Å². The molecule has 0 aromatic rings. The number of amides is 1. The van der Waals surface area contributed by atoms with Crippen molar-refractivity contribution in [3.8, 4) is 0 Å². The lowest BCUT2D eigenvalue weighted by Crippen LogP contribution is -2.26. The van der Waals surface area contributed by atoms with E-state index in [4.69, 9.17) is 0 Å². The molecule has 0 aromatic heterocycles. The van der Waals surface area contributed by atoms with Crippen molar-refractivity contribution in [1.82, 2.24) is 5.32 Å². The second-order valence-corrected chi connectivity index (χ2v) is 4.06. The molecule has 0 bridgehead atoms. The smallest absolute Gasteiger partial charge is 0.246 e. The van der Waals surface area contributed by atoms with Gasteiger partial charge < -0.3 is 5.32 Å². The van der Waals surface area contributed by atoms with Crippen LogP contribution in [0.2, 0.25) is 0 Å². The molecule has 0 aliphatic heterocycles. The van der Waals surface area contributed by atoms with E-state index in [0.29, 0.717) is 5.92 Å². The van der Waals surface area contributed by atoms with E-state index < -0.39 is 0 Å². The molecule has 2 nitrogen and oxygen atoms in total. The van der Waals surface area contributed by atoms with Gasteiger partial charge in [0.25, 0.3) is 0 Å². The lowest BCUT2D eigenvalue weighted by Gasteiger charge is -2.08. The predicted octanol–water partition coefficient (Wildman–Crippen LogP) is 2.51. The number of hydrogen-bond acceptors (Lipinski definition) is 1. The van der Waals surface area contributed by atoms with Crippen LogP contribution in [0.1, 0.15) is 41.0 Å². The topological polar surface area (TPSA) is 29.1 Å². The molecule has 0 radical (unpaired) electrons. The van der Waals surface area contributed by atoms with Gasteiger partial charge in [-0.1, -0.05) is 19.4 Å². The molecule has 0 saturated carbocycles. The molecule has 0 heterocycles. The van der Waals surface area contributed by atoms with Crippen LogP contribution < -0.4 is 5.32 Å². The fraction of sp³-hybridized carbons (Fsp3) is 0.727. The Morgan fingerprint density at radius 3 is 2.15 bits per heavy atom. The molecule has 0 unspecified atom stereocenters. The van der Waals surface area contributed by atoms with Crippen molar-refractivity contribution in [2.24, 2.45) is 5.92 Å². The fourth-order valence-corrected chi connectivity index (χ4v) is 0.834. The minimum atomic E-state index is 0.0700. The molecule has 0 aliphatic carbocycles. The minimum Gasteiger partial charge on any atom is -0.352 e. The summed E-state index contributed by atoms with van der Waals surface area (Å²) in [6, 6.07) is 0. The summed E-state index contributed by atoms with van der Waals surface area (Å²) < 4.78 is 0. The average Bonchev–Trinajstić information content (AvgIpc) is 2.02. The van der Waals surface area contributed by atoms with Crippen molar-refractivity contribution in [1.29, 1.82) is 0 Å². The number of carbonyl (C=O) groups excluding carboxylic acids is 1. The summed E-state index contributed by atoms with van der Waals surface area (Å²) >= 11 is 0. The standard InChI is InChI=1S/C11H21NO/c1-8(2)6-7-12-11(13)10(5)9(3)4/h8H,6-7H2,1-5H3,(H,12,13). The number of nitrogens with one attached hydrogen (secondary N) is 1. The zero-order chi connectivity index (χ0) is 10.4. The summed E-state index contributed by atoms with van der Waals surface area (Å²) in [5.74, 6) is 0.716. The van der Waals surface area contributed by atoms with Gasteiger partial charge in [-0.15, -0.1) is 0 Å². The van der Waals surface area contributed by atoms with Crippen LogP contribution in [-0.2, 0) is 4.79 Å². The summed E-state index contributed by atoms with van der Waals surface area (Å²) in [4.78, 5) is 11.4. The molecular formula is C11H21NO. The maximum absolute atomic E-state index is 11.4. The van der Waals surface area contributed by atoms with E-state index in [1.54, 1.807) is 0 Å². The summed E-state index contributed by atoms with van der Waals surface area (Å²) in [7, 11) is 0. The van der Waals surface area contributed by atoms with E-state index in [9.17, 15) is 4.79 Å². The third-order valence-electron chi connectivity index (χ3n) is 2.10. The molecule has 1 amide bonds. The van der Waals surface area contributed by atoms with E-state index >= 15 is 0 Å². The Hall–Kier alpha value is -0.790. The van der Waals surface area contributed by atoms with Crippen LogP contribution in [0, 0.1) is 5.92 Å². The zero-order valence-electron chi connectivity index (χ0n) is 9.40. The fourth-order valence-electron chi connectivity index (χ4n) is 0.834. The molecule has 0 fully saturated rings. The van der Waals surface area contributed by atoms with Gasteiger partial charge in [0, 0.05) is 12.1 Å². The van der Waals surface area contributed by atoms with E-state index in [0.717, 1.165) is 24.1 Å². The van der Waals surface area contributed by atoms with Gasteiger partial charge in [0.15, 0.2) is 0 Å². The Morgan fingerprint density at radius 1 is 1.23 bits per heavy atom. The third kappa shape index (κ3) is 5.45. The monoisotopic (exact) mass is 183 g/mol. The van der Waals surface area contributed by atoms with Gasteiger partial charge in [-0.05, 0) is 33.1 Å². The molecule has 0 aliphatic rings. The van der Waals surface area contributed by atoms with Crippen molar-refractivity contribution in [3.05, 3.63) is 11.1 Å². The Bertz CT molecular complexity index is 200. The van der Waals surface area contributed by atoms with Crippen LogP contribution in [0.25, 0.3) is 0 Å². The second-order valence-electron chi connectivity index (χ2n) is 4.06.